The van der Waals surface area contributed by atoms with Crippen LogP contribution in [0.5, 0.6) is 0 Å². The highest BCUT2D eigenvalue weighted by Crippen LogP contribution is 2.31. The summed E-state index contributed by atoms with van der Waals surface area (Å²) in [5, 5.41) is 6.57. The van der Waals surface area contributed by atoms with Crippen LogP contribution in [0.1, 0.15) is 23.2 Å². The molecule has 0 aliphatic heterocycles. The van der Waals surface area contributed by atoms with Gasteiger partial charge >= 0.3 is 6.18 Å². The monoisotopic (exact) mass is 305 g/mol. The molecule has 0 fully saturated rings. The van der Waals surface area contributed by atoms with Crippen LogP contribution in [0.3, 0.4) is 0 Å². The summed E-state index contributed by atoms with van der Waals surface area (Å²) in [6, 6.07) is 3.91. The molecule has 0 amide bonds. The third-order valence-electron chi connectivity index (χ3n) is 2.90. The van der Waals surface area contributed by atoms with Crippen LogP contribution in [-0.4, -0.2) is 16.8 Å². The van der Waals surface area contributed by atoms with Crippen molar-refractivity contribution < 1.29 is 22.0 Å². The van der Waals surface area contributed by atoms with Crippen LogP contribution in [-0.2, 0) is 12.7 Å². The van der Waals surface area contributed by atoms with Crippen LogP contribution in [0.2, 0.25) is 0 Å². The summed E-state index contributed by atoms with van der Waals surface area (Å²) in [6.07, 6.45) is -5.97. The maximum Gasteiger partial charge on any atom is 0.416 e. The van der Waals surface area contributed by atoms with Crippen LogP contribution in [0, 0.1) is 0 Å². The fourth-order valence-electron chi connectivity index (χ4n) is 1.95. The fourth-order valence-corrected chi connectivity index (χ4v) is 1.95. The minimum atomic E-state index is -4.47. The van der Waals surface area contributed by atoms with Crippen molar-refractivity contribution in [1.29, 1.82) is 0 Å². The molecule has 0 radical (unpaired) electrons. The average Bonchev–Trinajstić information content (AvgIpc) is 2.82. The van der Waals surface area contributed by atoms with Gasteiger partial charge in [-0.05, 0) is 31.3 Å². The summed E-state index contributed by atoms with van der Waals surface area (Å²) < 4.78 is 64.7. The molecular formula is C13H12F5N3. The number of nitrogens with one attached hydrogen (secondary N) is 1. The Morgan fingerprint density at radius 1 is 1.19 bits per heavy atom. The van der Waals surface area contributed by atoms with Crippen molar-refractivity contribution in [1.82, 2.24) is 15.1 Å². The number of alkyl halides is 5. The molecule has 8 heteroatoms. The molecule has 2 aromatic rings. The van der Waals surface area contributed by atoms with Gasteiger partial charge in [0.05, 0.1) is 17.4 Å². The third kappa shape index (κ3) is 3.21. The second-order valence-corrected chi connectivity index (χ2v) is 4.34. The lowest BCUT2D eigenvalue weighted by atomic mass is 10.2. The molecule has 0 saturated heterocycles. The van der Waals surface area contributed by atoms with Gasteiger partial charge in [-0.3, -0.25) is 0 Å². The van der Waals surface area contributed by atoms with E-state index < -0.39 is 18.2 Å². The molecule has 0 atom stereocenters. The number of hydrogen-bond acceptors (Lipinski definition) is 2. The molecule has 2 rings (SSSR count). The second kappa shape index (κ2) is 5.80. The Labute approximate surface area is 117 Å². The molecule has 114 valence electrons. The summed E-state index contributed by atoms with van der Waals surface area (Å²) in [6.45, 7) is 0.195. The third-order valence-corrected chi connectivity index (χ3v) is 2.90. The fraction of sp³-hybridized carbons (Fsp3) is 0.308. The highest BCUT2D eigenvalue weighted by Gasteiger charge is 2.30. The topological polar surface area (TPSA) is 29.9 Å². The van der Waals surface area contributed by atoms with Gasteiger partial charge in [-0.2, -0.15) is 18.3 Å². The van der Waals surface area contributed by atoms with Crippen LogP contribution in [0.15, 0.2) is 30.5 Å². The van der Waals surface area contributed by atoms with E-state index in [0.717, 1.165) is 28.9 Å². The number of nitrogens with zero attached hydrogens (tertiary/aromatic N) is 2. The predicted molar refractivity (Wildman–Crippen MR) is 66.3 cm³/mol. The van der Waals surface area contributed by atoms with Gasteiger partial charge in [-0.25, -0.2) is 13.5 Å². The summed E-state index contributed by atoms with van der Waals surface area (Å²) in [5.41, 5.74) is -0.718. The van der Waals surface area contributed by atoms with Gasteiger partial charge in [0.15, 0.2) is 0 Å². The van der Waals surface area contributed by atoms with Crippen molar-refractivity contribution in [3.05, 3.63) is 47.3 Å². The lowest BCUT2D eigenvalue weighted by Crippen LogP contribution is -2.10. The summed E-state index contributed by atoms with van der Waals surface area (Å²) >= 11 is 0. The van der Waals surface area contributed by atoms with Crippen molar-refractivity contribution >= 4 is 0 Å². The van der Waals surface area contributed by atoms with E-state index in [-0.39, 0.29) is 17.9 Å². The van der Waals surface area contributed by atoms with Crippen molar-refractivity contribution in [2.75, 3.05) is 7.05 Å². The molecular weight excluding hydrogens is 293 g/mol. The Hall–Kier alpha value is -1.96. The van der Waals surface area contributed by atoms with Crippen LogP contribution in [0.25, 0.3) is 5.69 Å². The highest BCUT2D eigenvalue weighted by atomic mass is 19.4. The van der Waals surface area contributed by atoms with E-state index in [9.17, 15) is 22.0 Å². The largest absolute Gasteiger partial charge is 0.416 e. The van der Waals surface area contributed by atoms with Crippen molar-refractivity contribution in [2.45, 2.75) is 19.1 Å². The van der Waals surface area contributed by atoms with E-state index in [1.165, 1.54) is 6.20 Å². The van der Waals surface area contributed by atoms with Crippen LogP contribution < -0.4 is 5.32 Å². The molecule has 21 heavy (non-hydrogen) atoms. The van der Waals surface area contributed by atoms with Gasteiger partial charge < -0.3 is 5.32 Å². The molecule has 0 aliphatic rings. The van der Waals surface area contributed by atoms with Gasteiger partial charge in [-0.15, -0.1) is 0 Å². The quantitative estimate of drug-likeness (QED) is 0.876. The van der Waals surface area contributed by atoms with Gasteiger partial charge in [0.2, 0.25) is 0 Å². The molecule has 0 spiro atoms. The minimum absolute atomic E-state index is 0.153. The maximum absolute atomic E-state index is 13.1. The molecule has 1 heterocycles. The Bertz CT molecular complexity index is 601. The zero-order chi connectivity index (χ0) is 15.6. The van der Waals surface area contributed by atoms with Crippen molar-refractivity contribution in [3.63, 3.8) is 0 Å². The Morgan fingerprint density at radius 2 is 1.81 bits per heavy atom. The minimum Gasteiger partial charge on any atom is -0.316 e. The predicted octanol–water partition coefficient (Wildman–Crippen LogP) is 3.55. The summed E-state index contributed by atoms with van der Waals surface area (Å²) in [4.78, 5) is 0. The first-order valence-electron chi connectivity index (χ1n) is 6.01. The Kier molecular flexibility index (Phi) is 4.26. The molecule has 0 saturated carbocycles. The van der Waals surface area contributed by atoms with Gasteiger partial charge in [0.1, 0.15) is 5.69 Å². The molecule has 0 aliphatic carbocycles. The number of rotatable bonds is 4. The number of hydrogen-bond donors (Lipinski definition) is 1. The first-order chi connectivity index (χ1) is 9.84. The van der Waals surface area contributed by atoms with Crippen molar-refractivity contribution in [2.24, 2.45) is 0 Å². The van der Waals surface area contributed by atoms with Gasteiger partial charge in [0.25, 0.3) is 6.43 Å². The van der Waals surface area contributed by atoms with E-state index in [4.69, 9.17) is 0 Å². The highest BCUT2D eigenvalue weighted by molar-refractivity contribution is 5.38. The zero-order valence-corrected chi connectivity index (χ0v) is 11.0. The lowest BCUT2D eigenvalue weighted by Gasteiger charge is -2.11. The normalized spacial score (nSPS) is 12.1. The summed E-state index contributed by atoms with van der Waals surface area (Å²) in [7, 11) is 1.60. The van der Waals surface area contributed by atoms with E-state index in [1.807, 2.05) is 0 Å². The van der Waals surface area contributed by atoms with Gasteiger partial charge in [-0.1, -0.05) is 0 Å². The standard InChI is InChI=1S/C13H12F5N3/c1-19-6-8-7-20-21(11(8)12(14)15)10-4-2-9(3-5-10)13(16,17)18/h2-5,7,12,19H,6H2,1H3. The van der Waals surface area contributed by atoms with E-state index in [0.29, 0.717) is 5.56 Å². The number of aromatic nitrogens is 2. The van der Waals surface area contributed by atoms with E-state index >= 15 is 0 Å². The van der Waals surface area contributed by atoms with E-state index in [2.05, 4.69) is 10.4 Å². The first kappa shape index (κ1) is 15.4. The smallest absolute Gasteiger partial charge is 0.316 e. The molecule has 1 aromatic heterocycles. The van der Waals surface area contributed by atoms with Gasteiger partial charge in [0, 0.05) is 12.1 Å². The molecule has 0 unspecified atom stereocenters. The number of halogens is 5. The SMILES string of the molecule is CNCc1cnn(-c2ccc(C(F)(F)F)cc2)c1C(F)F. The lowest BCUT2D eigenvalue weighted by molar-refractivity contribution is -0.137. The summed E-state index contributed by atoms with van der Waals surface area (Å²) in [5.74, 6) is 0. The average molecular weight is 305 g/mol. The first-order valence-corrected chi connectivity index (χ1v) is 6.01. The molecule has 3 nitrogen and oxygen atoms in total. The Balaban J connectivity index is 2.42. The number of benzene rings is 1. The second-order valence-electron chi connectivity index (χ2n) is 4.34. The molecule has 1 N–H and O–H groups in total. The molecule has 1 aromatic carbocycles. The van der Waals surface area contributed by atoms with Crippen LogP contribution >= 0.6 is 0 Å². The van der Waals surface area contributed by atoms with E-state index in [1.54, 1.807) is 7.05 Å². The van der Waals surface area contributed by atoms with Crippen LogP contribution in [0.4, 0.5) is 22.0 Å². The molecule has 0 bridgehead atoms. The zero-order valence-electron chi connectivity index (χ0n) is 11.0. The van der Waals surface area contributed by atoms with Crippen molar-refractivity contribution in [3.8, 4) is 5.69 Å². The Morgan fingerprint density at radius 3 is 2.29 bits per heavy atom. The maximum atomic E-state index is 13.1.